The molecule has 0 atom stereocenters. The van der Waals surface area contributed by atoms with Crippen LogP contribution in [0.2, 0.25) is 0 Å². The average Bonchev–Trinajstić information content (AvgIpc) is 2.31. The van der Waals surface area contributed by atoms with Gasteiger partial charge in [-0.05, 0) is 38.8 Å². The molecule has 1 heterocycles. The van der Waals surface area contributed by atoms with E-state index in [2.05, 4.69) is 17.2 Å². The third-order valence-electron chi connectivity index (χ3n) is 2.27. The lowest BCUT2D eigenvalue weighted by atomic mass is 10.1. The van der Waals surface area contributed by atoms with Crippen molar-refractivity contribution in [1.29, 1.82) is 0 Å². The summed E-state index contributed by atoms with van der Waals surface area (Å²) in [7, 11) is 0. The van der Waals surface area contributed by atoms with Crippen molar-refractivity contribution < 1.29 is 9.53 Å². The number of alkyl carbamates (subject to hydrolysis) is 1. The van der Waals surface area contributed by atoms with Gasteiger partial charge < -0.3 is 4.74 Å². The second-order valence-electron chi connectivity index (χ2n) is 5.37. The first kappa shape index (κ1) is 16.5. The van der Waals surface area contributed by atoms with Crippen molar-refractivity contribution in [1.82, 2.24) is 5.32 Å². The third kappa shape index (κ3) is 6.06. The summed E-state index contributed by atoms with van der Waals surface area (Å²) < 4.78 is 5.18. The highest BCUT2D eigenvalue weighted by molar-refractivity contribution is 6.69. The van der Waals surface area contributed by atoms with Crippen LogP contribution in [-0.4, -0.2) is 23.4 Å². The highest BCUT2D eigenvalue weighted by atomic mass is 35.5. The number of allylic oxidation sites excluding steroid dienone is 4. The van der Waals surface area contributed by atoms with E-state index in [1.54, 1.807) is 26.8 Å². The van der Waals surface area contributed by atoms with Crippen LogP contribution >= 0.6 is 11.6 Å². The number of halogens is 1. The summed E-state index contributed by atoms with van der Waals surface area (Å²) in [5.74, 6) is 0. The molecule has 4 nitrogen and oxygen atoms in total. The Morgan fingerprint density at radius 2 is 2.25 bits per heavy atom. The summed E-state index contributed by atoms with van der Waals surface area (Å²) in [5.41, 5.74) is 0.888. The molecule has 0 spiro atoms. The van der Waals surface area contributed by atoms with Gasteiger partial charge in [0.05, 0.1) is 12.2 Å². The zero-order valence-electron chi connectivity index (χ0n) is 12.4. The molecule has 1 amide bonds. The SMILES string of the molecule is CC/C=C\C=C1\C=C(NC(=O)OC(C)(C)C)C(Cl)=NC1. The number of nitrogens with one attached hydrogen (secondary N) is 1. The van der Waals surface area contributed by atoms with Crippen LogP contribution in [0, 0.1) is 0 Å². The minimum absolute atomic E-state index is 0.285. The van der Waals surface area contributed by atoms with Crippen molar-refractivity contribution in [2.45, 2.75) is 39.7 Å². The number of hydrogen-bond acceptors (Lipinski definition) is 3. The molecular weight excluding hydrogens is 276 g/mol. The first-order valence-electron chi connectivity index (χ1n) is 6.59. The third-order valence-corrected chi connectivity index (χ3v) is 2.59. The van der Waals surface area contributed by atoms with Crippen LogP contribution in [-0.2, 0) is 4.74 Å². The number of rotatable bonds is 3. The summed E-state index contributed by atoms with van der Waals surface area (Å²) in [6.45, 7) is 7.98. The van der Waals surface area contributed by atoms with Crippen molar-refractivity contribution >= 4 is 22.9 Å². The zero-order chi connectivity index (χ0) is 15.2. The molecule has 1 rings (SSSR count). The van der Waals surface area contributed by atoms with Crippen molar-refractivity contribution in [3.8, 4) is 0 Å². The molecule has 0 aromatic carbocycles. The van der Waals surface area contributed by atoms with E-state index in [9.17, 15) is 4.79 Å². The van der Waals surface area contributed by atoms with E-state index in [0.717, 1.165) is 12.0 Å². The first-order chi connectivity index (χ1) is 9.31. The van der Waals surface area contributed by atoms with E-state index in [1.165, 1.54) is 0 Å². The Labute approximate surface area is 125 Å². The number of ether oxygens (including phenoxy) is 1. The van der Waals surface area contributed by atoms with E-state index in [4.69, 9.17) is 16.3 Å². The fraction of sp³-hybridized carbons (Fsp3) is 0.467. The molecule has 0 aromatic rings. The van der Waals surface area contributed by atoms with E-state index >= 15 is 0 Å². The molecule has 0 saturated carbocycles. The van der Waals surface area contributed by atoms with Gasteiger partial charge in [0.25, 0.3) is 0 Å². The largest absolute Gasteiger partial charge is 0.444 e. The maximum Gasteiger partial charge on any atom is 0.412 e. The summed E-state index contributed by atoms with van der Waals surface area (Å²) in [6.07, 6.45) is 8.20. The maximum atomic E-state index is 11.7. The van der Waals surface area contributed by atoms with E-state index in [0.29, 0.717) is 12.2 Å². The van der Waals surface area contributed by atoms with Crippen LogP contribution in [0.4, 0.5) is 4.79 Å². The van der Waals surface area contributed by atoms with Crippen LogP contribution < -0.4 is 5.32 Å². The molecular formula is C15H21ClN2O2. The van der Waals surface area contributed by atoms with Gasteiger partial charge in [-0.2, -0.15) is 0 Å². The Bertz CT molecular complexity index is 483. The van der Waals surface area contributed by atoms with Crippen molar-refractivity contribution in [2.24, 2.45) is 4.99 Å². The lowest BCUT2D eigenvalue weighted by molar-refractivity contribution is 0.0549. The smallest absolute Gasteiger partial charge is 0.412 e. The molecule has 0 saturated heterocycles. The van der Waals surface area contributed by atoms with Gasteiger partial charge in [0.15, 0.2) is 0 Å². The topological polar surface area (TPSA) is 50.7 Å². The monoisotopic (exact) mass is 296 g/mol. The highest BCUT2D eigenvalue weighted by Crippen LogP contribution is 2.14. The standard InChI is InChI=1S/C15H21ClN2O2/c1-5-6-7-8-11-9-12(13(16)17-10-11)18-14(19)20-15(2,3)4/h6-9H,5,10H2,1-4H3,(H,18,19)/b7-6-,11-8-. The molecule has 5 heteroatoms. The normalized spacial score (nSPS) is 17.9. The Balaban J connectivity index is 2.75. The van der Waals surface area contributed by atoms with Crippen molar-refractivity contribution in [3.63, 3.8) is 0 Å². The number of dihydropyridines is 1. The predicted molar refractivity (Wildman–Crippen MR) is 83.1 cm³/mol. The molecule has 0 aromatic heterocycles. The molecule has 110 valence electrons. The number of carbonyl (C=O) groups is 1. The van der Waals surface area contributed by atoms with E-state index in [-0.39, 0.29) is 5.17 Å². The van der Waals surface area contributed by atoms with Crippen LogP contribution in [0.15, 0.2) is 40.6 Å². The number of carbonyl (C=O) groups excluding carboxylic acids is 1. The Morgan fingerprint density at radius 3 is 2.85 bits per heavy atom. The lowest BCUT2D eigenvalue weighted by Gasteiger charge is -2.21. The molecule has 1 aliphatic heterocycles. The van der Waals surface area contributed by atoms with Crippen LogP contribution in [0.25, 0.3) is 0 Å². The van der Waals surface area contributed by atoms with Gasteiger partial charge in [0.1, 0.15) is 10.8 Å². The number of amides is 1. The Morgan fingerprint density at radius 1 is 1.55 bits per heavy atom. The molecule has 20 heavy (non-hydrogen) atoms. The fourth-order valence-electron chi connectivity index (χ4n) is 1.47. The lowest BCUT2D eigenvalue weighted by Crippen LogP contribution is -2.34. The first-order valence-corrected chi connectivity index (χ1v) is 6.97. The Hall–Kier alpha value is -1.55. The quantitative estimate of drug-likeness (QED) is 0.857. The number of aliphatic imine (C=N–C) groups is 1. The van der Waals surface area contributed by atoms with Gasteiger partial charge in [0.2, 0.25) is 0 Å². The van der Waals surface area contributed by atoms with Crippen LogP contribution in [0.5, 0.6) is 0 Å². The summed E-state index contributed by atoms with van der Waals surface area (Å²) in [5, 5.41) is 2.90. The minimum atomic E-state index is -0.550. The zero-order valence-corrected chi connectivity index (χ0v) is 13.1. The van der Waals surface area contributed by atoms with Gasteiger partial charge in [-0.1, -0.05) is 36.8 Å². The number of hydrogen-bond donors (Lipinski definition) is 1. The molecule has 0 radical (unpaired) electrons. The molecule has 0 bridgehead atoms. The average molecular weight is 297 g/mol. The van der Waals surface area contributed by atoms with Gasteiger partial charge in [-0.3, -0.25) is 10.3 Å². The number of nitrogens with zero attached hydrogens (tertiary/aromatic N) is 1. The molecule has 1 aliphatic rings. The van der Waals surface area contributed by atoms with Crippen molar-refractivity contribution in [3.05, 3.63) is 35.6 Å². The molecule has 0 unspecified atom stereocenters. The maximum absolute atomic E-state index is 11.7. The van der Waals surface area contributed by atoms with Gasteiger partial charge >= 0.3 is 6.09 Å². The van der Waals surface area contributed by atoms with Crippen LogP contribution in [0.1, 0.15) is 34.1 Å². The van der Waals surface area contributed by atoms with E-state index in [1.807, 2.05) is 18.2 Å². The van der Waals surface area contributed by atoms with Gasteiger partial charge in [0, 0.05) is 0 Å². The highest BCUT2D eigenvalue weighted by Gasteiger charge is 2.19. The molecule has 1 N–H and O–H groups in total. The second-order valence-corrected chi connectivity index (χ2v) is 5.73. The summed E-state index contributed by atoms with van der Waals surface area (Å²) in [6, 6.07) is 0. The van der Waals surface area contributed by atoms with Crippen molar-refractivity contribution in [2.75, 3.05) is 6.54 Å². The minimum Gasteiger partial charge on any atom is -0.444 e. The fourth-order valence-corrected chi connectivity index (χ4v) is 1.63. The molecule has 0 fully saturated rings. The van der Waals surface area contributed by atoms with Gasteiger partial charge in [-0.25, -0.2) is 4.79 Å². The second kappa shape index (κ2) is 7.29. The van der Waals surface area contributed by atoms with Crippen LogP contribution in [0.3, 0.4) is 0 Å². The summed E-state index contributed by atoms with van der Waals surface area (Å²) in [4.78, 5) is 15.9. The van der Waals surface area contributed by atoms with Gasteiger partial charge in [-0.15, -0.1) is 0 Å². The predicted octanol–water partition coefficient (Wildman–Crippen LogP) is 3.94. The van der Waals surface area contributed by atoms with E-state index < -0.39 is 11.7 Å². The molecule has 0 aliphatic carbocycles. The Kier molecular flexibility index (Phi) is 6.02. The summed E-state index contributed by atoms with van der Waals surface area (Å²) >= 11 is 5.99.